The van der Waals surface area contributed by atoms with E-state index in [1.165, 1.54) is 36.4 Å². The van der Waals surface area contributed by atoms with Gasteiger partial charge in [0.15, 0.2) is 13.2 Å². The SMILES string of the molecule is CNC(=O)c1cnc2ccc(CNC(=O)CCCCCCCCNC(=O)COc3cccc4c3C(=O)N(C3CCC(=O)NC3=O)C4=O)cc2c1Nc1ccccc1.CNC(=O)c1cnc2ccc(CNC(=O)CCCCCCCCNC(=O)OC(C)(C)C)cc2c1Nc1ccccc1.O=C(O)COc1cccc2c1C(=O)N(C1CCC(=O)NC1=O)C2=O. The maximum atomic E-state index is 13.2. The number of fused-ring (bicyclic) bond motifs is 4. The molecule has 2 unspecified atom stereocenters. The minimum absolute atomic E-state index is 0.00944. The van der Waals surface area contributed by atoms with Crippen molar-refractivity contribution in [3.8, 4) is 11.5 Å². The molecule has 0 spiro atoms. The normalized spacial score (nSPS) is 14.6. The number of hydrogen-bond acceptors (Lipinski definition) is 22. The van der Waals surface area contributed by atoms with E-state index >= 15 is 0 Å². The second kappa shape index (κ2) is 43.6. The van der Waals surface area contributed by atoms with Crippen molar-refractivity contribution in [2.75, 3.05) is 51.0 Å². The first kappa shape index (κ1) is 90.3. The molecule has 6 aromatic carbocycles. The molecule has 0 radical (unpaired) electrons. The second-order valence-electron chi connectivity index (χ2n) is 30.2. The van der Waals surface area contributed by atoms with Gasteiger partial charge in [-0.2, -0.15) is 0 Å². The molecule has 0 bridgehead atoms. The number of carbonyl (C=O) groups is 15. The van der Waals surface area contributed by atoms with Crippen molar-refractivity contribution in [3.05, 3.63) is 190 Å². The molecular formula is C89H100N14O19. The number of ether oxygens (including phenoxy) is 3. The van der Waals surface area contributed by atoms with Crippen molar-refractivity contribution < 1.29 is 91.2 Å². The van der Waals surface area contributed by atoms with E-state index in [-0.39, 0.29) is 102 Å². The van der Waals surface area contributed by atoms with Crippen LogP contribution in [0.25, 0.3) is 21.8 Å². The van der Waals surface area contributed by atoms with Crippen LogP contribution in [0.2, 0.25) is 0 Å². The Bertz CT molecular complexity index is 5250. The number of piperidine rings is 2. The Morgan fingerprint density at radius 3 is 1.29 bits per heavy atom. The summed E-state index contributed by atoms with van der Waals surface area (Å²) in [5, 5.41) is 38.2. The lowest BCUT2D eigenvalue weighted by atomic mass is 10.0. The highest BCUT2D eigenvalue weighted by Crippen LogP contribution is 2.37. The summed E-state index contributed by atoms with van der Waals surface area (Å²) in [4.78, 5) is 194. The summed E-state index contributed by atoms with van der Waals surface area (Å²) in [6.07, 6.45) is 14.9. The Kier molecular flexibility index (Phi) is 32.3. The van der Waals surface area contributed by atoms with Gasteiger partial charge in [0.25, 0.3) is 41.4 Å². The van der Waals surface area contributed by atoms with Crippen molar-refractivity contribution in [2.24, 2.45) is 0 Å². The van der Waals surface area contributed by atoms with Crippen LogP contribution in [-0.4, -0.2) is 172 Å². The maximum Gasteiger partial charge on any atom is 0.407 e. The molecule has 2 fully saturated rings. The van der Waals surface area contributed by atoms with E-state index in [4.69, 9.17) is 19.3 Å². The number of unbranched alkanes of at least 4 members (excludes halogenated alkanes) is 10. The molecule has 33 nitrogen and oxygen atoms in total. The van der Waals surface area contributed by atoms with E-state index in [9.17, 15) is 71.9 Å². The predicted molar refractivity (Wildman–Crippen MR) is 450 cm³/mol. The van der Waals surface area contributed by atoms with Crippen molar-refractivity contribution in [3.63, 3.8) is 0 Å². The first-order chi connectivity index (χ1) is 58.7. The van der Waals surface area contributed by atoms with E-state index in [1.54, 1.807) is 26.5 Å². The van der Waals surface area contributed by atoms with Gasteiger partial charge in [0.1, 0.15) is 29.2 Å². The fraction of sp³-hybridized carbons (Fsp3) is 0.360. The molecule has 122 heavy (non-hydrogen) atoms. The van der Waals surface area contributed by atoms with E-state index < -0.39 is 77.5 Å². The number of para-hydroxylation sites is 2. The van der Waals surface area contributed by atoms with Gasteiger partial charge in [0.05, 0.1) is 55.8 Å². The second-order valence-corrected chi connectivity index (χ2v) is 30.2. The molecule has 14 amide bonds. The first-order valence-electron chi connectivity index (χ1n) is 40.6. The smallest absolute Gasteiger partial charge is 0.407 e. The number of aromatic nitrogens is 2. The fourth-order valence-corrected chi connectivity index (χ4v) is 14.0. The number of benzene rings is 6. The quantitative estimate of drug-likeness (QED) is 0.0128. The number of pyridine rings is 2. The fourth-order valence-electron chi connectivity index (χ4n) is 14.0. The van der Waals surface area contributed by atoms with Crippen LogP contribution in [0.4, 0.5) is 27.5 Å². The number of rotatable bonds is 36. The van der Waals surface area contributed by atoms with Gasteiger partial charge in [-0.25, -0.2) is 9.59 Å². The van der Waals surface area contributed by atoms with E-state index in [0.717, 1.165) is 131 Å². The third-order valence-electron chi connectivity index (χ3n) is 20.1. The number of amides is 14. The molecule has 33 heteroatoms. The number of carboxylic acid groups (broad SMARTS) is 1. The number of aliphatic carboxylic acids is 1. The van der Waals surface area contributed by atoms with Gasteiger partial charge in [-0.05, 0) is 143 Å². The number of carboxylic acids is 1. The Labute approximate surface area is 703 Å². The van der Waals surface area contributed by atoms with Crippen LogP contribution in [-0.2, 0) is 56.2 Å². The van der Waals surface area contributed by atoms with Gasteiger partial charge in [-0.3, -0.25) is 92.7 Å². The molecule has 0 aliphatic carbocycles. The van der Waals surface area contributed by atoms with E-state index in [2.05, 4.69) is 63.1 Å². The number of carbonyl (C=O) groups excluding carboxylic acids is 14. The minimum atomic E-state index is -1.23. The van der Waals surface area contributed by atoms with Crippen LogP contribution in [0.15, 0.2) is 146 Å². The van der Waals surface area contributed by atoms with Gasteiger partial charge in [0, 0.05) is 100 Å². The third-order valence-corrected chi connectivity index (χ3v) is 20.1. The van der Waals surface area contributed by atoms with Gasteiger partial charge in [-0.15, -0.1) is 0 Å². The lowest BCUT2D eigenvalue weighted by Crippen LogP contribution is -2.54. The lowest BCUT2D eigenvalue weighted by molar-refractivity contribution is -0.139. The van der Waals surface area contributed by atoms with Gasteiger partial charge in [0.2, 0.25) is 35.4 Å². The zero-order valence-corrected chi connectivity index (χ0v) is 68.6. The molecule has 2 saturated heterocycles. The zero-order chi connectivity index (χ0) is 87.4. The van der Waals surface area contributed by atoms with E-state index in [1.807, 2.05) is 118 Å². The van der Waals surface area contributed by atoms with Crippen LogP contribution >= 0.6 is 0 Å². The van der Waals surface area contributed by atoms with Crippen LogP contribution in [0.3, 0.4) is 0 Å². The molecule has 4 aliphatic rings. The van der Waals surface area contributed by atoms with Crippen LogP contribution in [0.1, 0.15) is 210 Å². The number of imide groups is 4. The van der Waals surface area contributed by atoms with Crippen LogP contribution in [0.5, 0.6) is 11.5 Å². The summed E-state index contributed by atoms with van der Waals surface area (Å²) >= 11 is 0. The zero-order valence-electron chi connectivity index (χ0n) is 68.6. The Morgan fingerprint density at radius 1 is 0.467 bits per heavy atom. The number of anilines is 4. The maximum absolute atomic E-state index is 13.2. The number of alkyl carbamates (subject to hydrolysis) is 1. The number of hydrogen-bond donors (Lipinski definition) is 11. The Balaban J connectivity index is 0.000000208. The standard InChI is InChI=1S/C42H45N7O8.C32H43N5O4.C15H12N2O7/c1-43-39(53)30-24-45-31-18-17-26(22-29(31)38(30)47-27-12-7-6-8-13-27)23-46-34(50)16-9-4-2-3-5-10-21-44-36(52)25-57-33-15-11-14-28-37(33)42(56)49(41(28)55)32-19-20-35(51)48-40(32)54;1-32(2,3)41-31(40)34-19-13-8-6-5-7-12-16-28(38)36-21-23-17-18-27-25(20-23)29(26(22-35-27)30(39)33-4)37-24-14-10-9-11-15-24;18-10-5-4-8(13(21)16-10)17-14(22)7-2-1-3-9(12(7)15(17)23)24-6-11(19)20/h6-8,11-15,17-18,22,24,32H,2-5,9-10,16,19-21,23,25H2,1H3,(H,43,53)(H,44,52)(H,45,47)(H,46,50)(H,48,51,54);9-11,14-15,17-18,20,22H,5-8,12-13,16,19,21H2,1-4H3,(H,33,39)(H,34,40)(H,35,37)(H,36,38);1-3,8H,4-6H2,(H,19,20)(H,16,18,21). The summed E-state index contributed by atoms with van der Waals surface area (Å²) in [7, 11) is 3.17. The van der Waals surface area contributed by atoms with Crippen molar-refractivity contribution in [1.82, 2.24) is 62.3 Å². The Morgan fingerprint density at radius 2 is 0.877 bits per heavy atom. The summed E-state index contributed by atoms with van der Waals surface area (Å²) in [5.74, 6) is -7.19. The van der Waals surface area contributed by atoms with Gasteiger partial charge < -0.3 is 61.9 Å². The summed E-state index contributed by atoms with van der Waals surface area (Å²) < 4.78 is 15.9. The summed E-state index contributed by atoms with van der Waals surface area (Å²) in [6.45, 7) is 6.30. The van der Waals surface area contributed by atoms with Crippen molar-refractivity contribution in [2.45, 2.75) is 167 Å². The minimum Gasteiger partial charge on any atom is -0.483 e. The molecule has 2 aromatic heterocycles. The average Bonchev–Trinajstić information content (AvgIpc) is 1.39. The average molecular weight is 1670 g/mol. The number of nitrogens with one attached hydrogen (secondary N) is 10. The molecule has 0 saturated carbocycles. The summed E-state index contributed by atoms with van der Waals surface area (Å²) in [5.41, 5.74) is 6.71. The first-order valence-corrected chi connectivity index (χ1v) is 40.6. The molecule has 8 aromatic rings. The van der Waals surface area contributed by atoms with Crippen molar-refractivity contribution in [1.29, 1.82) is 0 Å². The third kappa shape index (κ3) is 24.8. The van der Waals surface area contributed by atoms with E-state index in [0.29, 0.717) is 61.5 Å². The largest absolute Gasteiger partial charge is 0.483 e. The predicted octanol–water partition coefficient (Wildman–Crippen LogP) is 10.0. The van der Waals surface area contributed by atoms with Crippen molar-refractivity contribution >= 4 is 133 Å². The summed E-state index contributed by atoms with van der Waals surface area (Å²) in [6, 6.07) is 37.3. The molecule has 11 N–H and O–H groups in total. The Hall–Kier alpha value is -14.0. The molecular weight excluding hydrogens is 1570 g/mol. The molecule has 2 atom stereocenters. The topological polar surface area (TPSA) is 457 Å². The molecule has 12 rings (SSSR count). The highest BCUT2D eigenvalue weighted by atomic mass is 16.6. The number of nitrogens with zero attached hydrogens (tertiary/aromatic N) is 4. The lowest BCUT2D eigenvalue weighted by Gasteiger charge is -2.27. The van der Waals surface area contributed by atoms with Crippen LogP contribution < -0.4 is 62.6 Å². The molecule has 4 aliphatic heterocycles. The van der Waals surface area contributed by atoms with Crippen LogP contribution in [0, 0.1) is 0 Å². The monoisotopic (exact) mass is 1670 g/mol. The van der Waals surface area contributed by atoms with Gasteiger partial charge in [-0.1, -0.05) is 112 Å². The molecule has 6 heterocycles. The highest BCUT2D eigenvalue weighted by molar-refractivity contribution is 6.26. The van der Waals surface area contributed by atoms with Gasteiger partial charge >= 0.3 is 12.1 Å². The highest BCUT2D eigenvalue weighted by Gasteiger charge is 2.48. The molecule has 640 valence electrons.